The van der Waals surface area contributed by atoms with Crippen molar-refractivity contribution >= 4 is 28.4 Å². The fourth-order valence-electron chi connectivity index (χ4n) is 2.20. The van der Waals surface area contributed by atoms with Crippen molar-refractivity contribution in [2.45, 2.75) is 6.54 Å². The Balaban J connectivity index is 1.80. The van der Waals surface area contributed by atoms with Crippen molar-refractivity contribution in [2.75, 3.05) is 0 Å². The van der Waals surface area contributed by atoms with Gasteiger partial charge in [0.15, 0.2) is 0 Å². The molecular formula is C16H12ClFN2O. The molecule has 21 heavy (non-hydrogen) atoms. The molecule has 5 heteroatoms. The van der Waals surface area contributed by atoms with Gasteiger partial charge in [-0.3, -0.25) is 4.79 Å². The summed E-state index contributed by atoms with van der Waals surface area (Å²) in [7, 11) is 0. The van der Waals surface area contributed by atoms with Crippen LogP contribution in [0.25, 0.3) is 10.9 Å². The molecule has 0 unspecified atom stereocenters. The lowest BCUT2D eigenvalue weighted by molar-refractivity contribution is 0.0952. The first-order valence-electron chi connectivity index (χ1n) is 6.43. The number of nitrogens with one attached hydrogen (secondary N) is 2. The quantitative estimate of drug-likeness (QED) is 0.757. The lowest BCUT2D eigenvalue weighted by Crippen LogP contribution is -2.23. The lowest BCUT2D eigenvalue weighted by Gasteiger charge is -2.05. The molecule has 3 rings (SSSR count). The third kappa shape index (κ3) is 2.76. The van der Waals surface area contributed by atoms with Gasteiger partial charge >= 0.3 is 0 Å². The average Bonchev–Trinajstić information content (AvgIpc) is 2.89. The SMILES string of the molecule is O=C(NCc1ccccc1F)c1c[nH]c2cc(Cl)ccc12. The molecule has 1 aromatic heterocycles. The van der Waals surface area contributed by atoms with Crippen molar-refractivity contribution in [3.05, 3.63) is 70.6 Å². The molecule has 3 nitrogen and oxygen atoms in total. The summed E-state index contributed by atoms with van der Waals surface area (Å²) in [6.45, 7) is 0.145. The Kier molecular flexibility index (Phi) is 3.62. The van der Waals surface area contributed by atoms with Crippen LogP contribution < -0.4 is 5.32 Å². The first kappa shape index (κ1) is 13.6. The first-order chi connectivity index (χ1) is 10.1. The molecule has 0 atom stereocenters. The number of carbonyl (C=O) groups excluding carboxylic acids is 1. The van der Waals surface area contributed by atoms with Crippen LogP contribution in [0.1, 0.15) is 15.9 Å². The van der Waals surface area contributed by atoms with Crippen molar-refractivity contribution in [1.29, 1.82) is 0 Å². The zero-order chi connectivity index (χ0) is 14.8. The van der Waals surface area contributed by atoms with Crippen LogP contribution in [0, 0.1) is 5.82 Å². The Hall–Kier alpha value is -2.33. The Morgan fingerprint density at radius 3 is 2.86 bits per heavy atom. The Bertz CT molecular complexity index is 813. The zero-order valence-corrected chi connectivity index (χ0v) is 11.7. The minimum absolute atomic E-state index is 0.145. The van der Waals surface area contributed by atoms with Gasteiger partial charge in [0.2, 0.25) is 0 Å². The van der Waals surface area contributed by atoms with E-state index in [2.05, 4.69) is 10.3 Å². The number of H-pyrrole nitrogens is 1. The molecule has 0 aliphatic heterocycles. The standard InChI is InChI=1S/C16H12ClFN2O/c17-11-5-6-12-13(9-19-15(12)7-11)16(21)20-8-10-3-1-2-4-14(10)18/h1-7,9,19H,8H2,(H,20,21). The van der Waals surface area contributed by atoms with Crippen molar-refractivity contribution in [1.82, 2.24) is 10.3 Å². The van der Waals surface area contributed by atoms with E-state index in [9.17, 15) is 9.18 Å². The second-order valence-corrected chi connectivity index (χ2v) is 5.10. The minimum Gasteiger partial charge on any atom is -0.360 e. The highest BCUT2D eigenvalue weighted by Crippen LogP contribution is 2.22. The van der Waals surface area contributed by atoms with Gasteiger partial charge in [-0.25, -0.2) is 4.39 Å². The van der Waals surface area contributed by atoms with E-state index in [1.165, 1.54) is 6.07 Å². The van der Waals surface area contributed by atoms with Gasteiger partial charge in [-0.1, -0.05) is 35.9 Å². The van der Waals surface area contributed by atoms with Gasteiger partial charge in [0, 0.05) is 34.2 Å². The summed E-state index contributed by atoms with van der Waals surface area (Å²) in [6.07, 6.45) is 1.62. The van der Waals surface area contributed by atoms with Gasteiger partial charge in [0.05, 0.1) is 5.56 Å². The van der Waals surface area contributed by atoms with Crippen molar-refractivity contribution in [3.8, 4) is 0 Å². The van der Waals surface area contributed by atoms with Gasteiger partial charge in [-0.15, -0.1) is 0 Å². The molecule has 106 valence electrons. The number of fused-ring (bicyclic) bond motifs is 1. The molecule has 3 aromatic rings. The molecule has 1 heterocycles. The molecule has 2 N–H and O–H groups in total. The molecule has 0 aliphatic rings. The molecule has 0 aliphatic carbocycles. The van der Waals surface area contributed by atoms with Crippen LogP contribution in [0.2, 0.25) is 5.02 Å². The van der Waals surface area contributed by atoms with E-state index in [4.69, 9.17) is 11.6 Å². The number of halogens is 2. The summed E-state index contributed by atoms with van der Waals surface area (Å²) in [4.78, 5) is 15.2. The molecule has 1 amide bonds. The van der Waals surface area contributed by atoms with Crippen LogP contribution in [0.5, 0.6) is 0 Å². The molecule has 0 radical (unpaired) electrons. The second kappa shape index (κ2) is 5.58. The summed E-state index contributed by atoms with van der Waals surface area (Å²) in [5.74, 6) is -0.588. The summed E-state index contributed by atoms with van der Waals surface area (Å²) >= 11 is 5.90. The average molecular weight is 303 g/mol. The zero-order valence-electron chi connectivity index (χ0n) is 11.0. The Morgan fingerprint density at radius 1 is 1.24 bits per heavy atom. The van der Waals surface area contributed by atoms with Gasteiger partial charge in [-0.05, 0) is 18.2 Å². The fourth-order valence-corrected chi connectivity index (χ4v) is 2.37. The summed E-state index contributed by atoms with van der Waals surface area (Å²) in [5, 5.41) is 4.10. The lowest BCUT2D eigenvalue weighted by atomic mass is 10.1. The maximum Gasteiger partial charge on any atom is 0.253 e. The summed E-state index contributed by atoms with van der Waals surface area (Å²) in [6, 6.07) is 11.6. The molecular weight excluding hydrogens is 291 g/mol. The highest BCUT2D eigenvalue weighted by atomic mass is 35.5. The number of amides is 1. The number of benzene rings is 2. The third-order valence-corrected chi connectivity index (χ3v) is 3.52. The summed E-state index contributed by atoms with van der Waals surface area (Å²) in [5.41, 5.74) is 1.75. The number of carbonyl (C=O) groups is 1. The molecule has 0 saturated carbocycles. The van der Waals surface area contributed by atoms with Crippen LogP contribution in [-0.4, -0.2) is 10.9 Å². The highest BCUT2D eigenvalue weighted by molar-refractivity contribution is 6.31. The maximum absolute atomic E-state index is 13.5. The van der Waals surface area contributed by atoms with Crippen molar-refractivity contribution in [2.24, 2.45) is 0 Å². The topological polar surface area (TPSA) is 44.9 Å². The predicted molar refractivity (Wildman–Crippen MR) is 80.9 cm³/mol. The van der Waals surface area contributed by atoms with Crippen molar-refractivity contribution < 1.29 is 9.18 Å². The van der Waals surface area contributed by atoms with Crippen molar-refractivity contribution in [3.63, 3.8) is 0 Å². The number of aromatic nitrogens is 1. The number of rotatable bonds is 3. The highest BCUT2D eigenvalue weighted by Gasteiger charge is 2.12. The molecule has 0 spiro atoms. The van der Waals surface area contributed by atoms with E-state index in [-0.39, 0.29) is 18.3 Å². The van der Waals surface area contributed by atoms with E-state index in [0.717, 1.165) is 10.9 Å². The van der Waals surface area contributed by atoms with Gasteiger partial charge < -0.3 is 10.3 Å². The molecule has 2 aromatic carbocycles. The largest absolute Gasteiger partial charge is 0.360 e. The third-order valence-electron chi connectivity index (χ3n) is 3.29. The monoisotopic (exact) mass is 302 g/mol. The Morgan fingerprint density at radius 2 is 2.05 bits per heavy atom. The second-order valence-electron chi connectivity index (χ2n) is 4.67. The van der Waals surface area contributed by atoms with Crippen LogP contribution in [0.15, 0.2) is 48.7 Å². The Labute approximate surface area is 125 Å². The van der Waals surface area contributed by atoms with E-state index in [1.54, 1.807) is 42.6 Å². The number of hydrogen-bond donors (Lipinski definition) is 2. The normalized spacial score (nSPS) is 10.8. The van der Waals surface area contributed by atoms with Crippen LogP contribution in [0.4, 0.5) is 4.39 Å². The molecule has 0 saturated heterocycles. The first-order valence-corrected chi connectivity index (χ1v) is 6.81. The minimum atomic E-state index is -0.330. The van der Waals surface area contributed by atoms with Crippen LogP contribution in [0.3, 0.4) is 0 Å². The van der Waals surface area contributed by atoms with Gasteiger partial charge in [0.1, 0.15) is 5.82 Å². The van der Waals surface area contributed by atoms with Crippen LogP contribution in [-0.2, 0) is 6.54 Å². The number of aromatic amines is 1. The molecule has 0 bridgehead atoms. The fraction of sp³-hybridized carbons (Fsp3) is 0.0625. The van der Waals surface area contributed by atoms with Gasteiger partial charge in [-0.2, -0.15) is 0 Å². The van der Waals surface area contributed by atoms with E-state index >= 15 is 0 Å². The maximum atomic E-state index is 13.5. The van der Waals surface area contributed by atoms with E-state index < -0.39 is 0 Å². The number of hydrogen-bond acceptors (Lipinski definition) is 1. The predicted octanol–water partition coefficient (Wildman–Crippen LogP) is 3.89. The van der Waals surface area contributed by atoms with Gasteiger partial charge in [0.25, 0.3) is 5.91 Å². The van der Waals surface area contributed by atoms with Crippen LogP contribution >= 0.6 is 11.6 Å². The molecule has 0 fully saturated rings. The summed E-state index contributed by atoms with van der Waals surface area (Å²) < 4.78 is 13.5. The van der Waals surface area contributed by atoms with E-state index in [0.29, 0.717) is 16.1 Å². The smallest absolute Gasteiger partial charge is 0.253 e. The van der Waals surface area contributed by atoms with E-state index in [1.807, 2.05) is 0 Å².